The van der Waals surface area contributed by atoms with Gasteiger partial charge in [0.05, 0.1) is 5.75 Å². The summed E-state index contributed by atoms with van der Waals surface area (Å²) in [6.45, 7) is 0.524. The van der Waals surface area contributed by atoms with E-state index in [9.17, 15) is 18.0 Å². The molecule has 18 heavy (non-hydrogen) atoms. The zero-order chi connectivity index (χ0) is 13.8. The number of nitrogen functional groups attached to an aromatic ring is 1. The van der Waals surface area contributed by atoms with Crippen molar-refractivity contribution in [2.75, 3.05) is 18.0 Å². The fourth-order valence-electron chi connectivity index (χ4n) is 1.14. The van der Waals surface area contributed by atoms with Crippen molar-refractivity contribution in [3.63, 3.8) is 0 Å². The molecule has 0 aromatic heterocycles. The van der Waals surface area contributed by atoms with Crippen LogP contribution in [0.4, 0.5) is 18.9 Å². The van der Waals surface area contributed by atoms with Crippen LogP contribution < -0.4 is 11.1 Å². The fourth-order valence-corrected chi connectivity index (χ4v) is 1.96. The number of hydrogen-bond donors (Lipinski definition) is 2. The highest BCUT2D eigenvalue weighted by Gasteiger charge is 2.27. The summed E-state index contributed by atoms with van der Waals surface area (Å²) in [7, 11) is 0. The standard InChI is InChI=1S/C11H13F3N2OS/c1-7-4-8(2-3-9(7)15)18-5-10(17)16-6-11(12,13)14/h2-4H,5-6,15H2,1H3,(H,16,17). The molecule has 0 spiro atoms. The minimum Gasteiger partial charge on any atom is -0.399 e. The van der Waals surface area contributed by atoms with E-state index in [1.165, 1.54) is 11.8 Å². The fraction of sp³-hybridized carbons (Fsp3) is 0.364. The van der Waals surface area contributed by atoms with Crippen molar-refractivity contribution < 1.29 is 18.0 Å². The summed E-state index contributed by atoms with van der Waals surface area (Å²) < 4.78 is 35.5. The molecule has 0 aliphatic carbocycles. The van der Waals surface area contributed by atoms with E-state index in [2.05, 4.69) is 0 Å². The van der Waals surface area contributed by atoms with Crippen molar-refractivity contribution in [2.24, 2.45) is 0 Å². The SMILES string of the molecule is Cc1cc(SCC(=O)NCC(F)(F)F)ccc1N. The minimum absolute atomic E-state index is 0.0561. The molecule has 1 aromatic carbocycles. The number of aryl methyl sites for hydroxylation is 1. The number of hydrogen-bond acceptors (Lipinski definition) is 3. The molecule has 0 saturated carbocycles. The highest BCUT2D eigenvalue weighted by atomic mass is 32.2. The molecule has 0 saturated heterocycles. The Morgan fingerprint density at radius 3 is 2.67 bits per heavy atom. The Morgan fingerprint density at radius 1 is 1.44 bits per heavy atom. The molecule has 0 atom stereocenters. The van der Waals surface area contributed by atoms with Crippen LogP contribution in [-0.2, 0) is 4.79 Å². The molecule has 0 aliphatic heterocycles. The van der Waals surface area contributed by atoms with Gasteiger partial charge in [0.1, 0.15) is 6.54 Å². The van der Waals surface area contributed by atoms with Gasteiger partial charge >= 0.3 is 6.18 Å². The number of nitrogens with one attached hydrogen (secondary N) is 1. The molecule has 0 heterocycles. The zero-order valence-electron chi connectivity index (χ0n) is 9.67. The van der Waals surface area contributed by atoms with E-state index in [1.54, 1.807) is 18.2 Å². The van der Waals surface area contributed by atoms with E-state index >= 15 is 0 Å². The molecule has 0 unspecified atom stereocenters. The lowest BCUT2D eigenvalue weighted by atomic mass is 10.2. The van der Waals surface area contributed by atoms with Gasteiger partial charge < -0.3 is 11.1 Å². The third kappa shape index (κ3) is 5.31. The predicted octanol–water partition coefficient (Wildman–Crippen LogP) is 2.35. The normalized spacial score (nSPS) is 11.3. The van der Waals surface area contributed by atoms with Crippen molar-refractivity contribution in [2.45, 2.75) is 18.0 Å². The number of anilines is 1. The van der Waals surface area contributed by atoms with Crippen LogP contribution in [0.3, 0.4) is 0 Å². The predicted molar refractivity (Wildman–Crippen MR) is 65.4 cm³/mol. The van der Waals surface area contributed by atoms with E-state index < -0.39 is 18.6 Å². The second-order valence-electron chi connectivity index (χ2n) is 3.70. The van der Waals surface area contributed by atoms with Gasteiger partial charge in [0.25, 0.3) is 0 Å². The smallest absolute Gasteiger partial charge is 0.399 e. The van der Waals surface area contributed by atoms with Crippen LogP contribution in [0.25, 0.3) is 0 Å². The van der Waals surface area contributed by atoms with E-state index in [1.807, 2.05) is 12.2 Å². The topological polar surface area (TPSA) is 55.1 Å². The number of thioether (sulfide) groups is 1. The van der Waals surface area contributed by atoms with Crippen molar-refractivity contribution in [3.05, 3.63) is 23.8 Å². The van der Waals surface area contributed by atoms with Crippen molar-refractivity contribution in [1.29, 1.82) is 0 Å². The molecule has 3 N–H and O–H groups in total. The van der Waals surface area contributed by atoms with Gasteiger partial charge in [0, 0.05) is 10.6 Å². The number of nitrogens with two attached hydrogens (primary N) is 1. The van der Waals surface area contributed by atoms with Crippen LogP contribution in [0.5, 0.6) is 0 Å². The van der Waals surface area contributed by atoms with Gasteiger partial charge in [-0.1, -0.05) is 0 Å². The number of amides is 1. The van der Waals surface area contributed by atoms with Gasteiger partial charge in [-0.2, -0.15) is 13.2 Å². The number of halogens is 3. The molecule has 100 valence electrons. The highest BCUT2D eigenvalue weighted by molar-refractivity contribution is 8.00. The molecule has 1 rings (SSSR count). The quantitative estimate of drug-likeness (QED) is 0.656. The summed E-state index contributed by atoms with van der Waals surface area (Å²) in [4.78, 5) is 12.0. The minimum atomic E-state index is -4.38. The summed E-state index contributed by atoms with van der Waals surface area (Å²) in [6.07, 6.45) is -4.38. The molecule has 1 amide bonds. The lowest BCUT2D eigenvalue weighted by Gasteiger charge is -2.08. The number of benzene rings is 1. The van der Waals surface area contributed by atoms with E-state index in [0.29, 0.717) is 5.69 Å². The molecule has 0 radical (unpaired) electrons. The van der Waals surface area contributed by atoms with Crippen molar-refractivity contribution in [1.82, 2.24) is 5.32 Å². The average molecular weight is 278 g/mol. The average Bonchev–Trinajstić information content (AvgIpc) is 2.27. The van der Waals surface area contributed by atoms with Crippen LogP contribution >= 0.6 is 11.8 Å². The summed E-state index contributed by atoms with van der Waals surface area (Å²) in [5, 5.41) is 1.81. The number of alkyl halides is 3. The maximum atomic E-state index is 11.8. The second-order valence-corrected chi connectivity index (χ2v) is 4.75. The van der Waals surface area contributed by atoms with E-state index in [-0.39, 0.29) is 5.75 Å². The summed E-state index contributed by atoms with van der Waals surface area (Å²) >= 11 is 1.17. The first-order chi connectivity index (χ1) is 8.28. The van der Waals surface area contributed by atoms with Gasteiger partial charge in [-0.25, -0.2) is 0 Å². The Labute approximate surface area is 107 Å². The molecular weight excluding hydrogens is 265 g/mol. The molecule has 1 aromatic rings. The zero-order valence-corrected chi connectivity index (χ0v) is 10.5. The van der Waals surface area contributed by atoms with Gasteiger partial charge in [0.15, 0.2) is 0 Å². The summed E-state index contributed by atoms with van der Waals surface area (Å²) in [5.74, 6) is -0.703. The Hall–Kier alpha value is -1.37. The van der Waals surface area contributed by atoms with Gasteiger partial charge in [-0.15, -0.1) is 11.8 Å². The van der Waals surface area contributed by atoms with Crippen LogP contribution in [-0.4, -0.2) is 24.4 Å². The third-order valence-corrected chi connectivity index (χ3v) is 3.09. The maximum absolute atomic E-state index is 11.8. The number of carbonyl (C=O) groups excluding carboxylic acids is 1. The number of rotatable bonds is 4. The lowest BCUT2D eigenvalue weighted by Crippen LogP contribution is -2.34. The van der Waals surface area contributed by atoms with Gasteiger partial charge in [-0.3, -0.25) is 4.79 Å². The largest absolute Gasteiger partial charge is 0.405 e. The summed E-state index contributed by atoms with van der Waals surface area (Å²) in [5.41, 5.74) is 7.14. The molecule has 3 nitrogen and oxygen atoms in total. The molecular formula is C11H13F3N2OS. The monoisotopic (exact) mass is 278 g/mol. The van der Waals surface area contributed by atoms with E-state index in [0.717, 1.165) is 10.5 Å². The molecule has 7 heteroatoms. The Balaban J connectivity index is 2.40. The van der Waals surface area contributed by atoms with Crippen LogP contribution in [0.15, 0.2) is 23.1 Å². The maximum Gasteiger partial charge on any atom is 0.405 e. The van der Waals surface area contributed by atoms with Crippen LogP contribution in [0, 0.1) is 6.92 Å². The van der Waals surface area contributed by atoms with E-state index in [4.69, 9.17) is 5.73 Å². The second kappa shape index (κ2) is 5.99. The highest BCUT2D eigenvalue weighted by Crippen LogP contribution is 2.22. The molecule has 0 aliphatic rings. The van der Waals surface area contributed by atoms with Crippen molar-refractivity contribution in [3.8, 4) is 0 Å². The molecule has 0 fully saturated rings. The van der Waals surface area contributed by atoms with Crippen molar-refractivity contribution >= 4 is 23.4 Å². The van der Waals surface area contributed by atoms with Gasteiger partial charge in [0.2, 0.25) is 5.91 Å². The van der Waals surface area contributed by atoms with Gasteiger partial charge in [-0.05, 0) is 30.7 Å². The third-order valence-electron chi connectivity index (χ3n) is 2.10. The first-order valence-corrected chi connectivity index (χ1v) is 6.09. The first kappa shape index (κ1) is 14.7. The van der Waals surface area contributed by atoms with Crippen LogP contribution in [0.2, 0.25) is 0 Å². The number of carbonyl (C=O) groups is 1. The lowest BCUT2D eigenvalue weighted by molar-refractivity contribution is -0.136. The first-order valence-electron chi connectivity index (χ1n) is 5.10. The Bertz CT molecular complexity index is 435. The Morgan fingerprint density at radius 2 is 2.11 bits per heavy atom. The van der Waals surface area contributed by atoms with Crippen LogP contribution in [0.1, 0.15) is 5.56 Å². The Kier molecular flexibility index (Phi) is 4.89. The molecule has 0 bridgehead atoms. The summed E-state index contributed by atoms with van der Waals surface area (Å²) in [6, 6.07) is 5.21.